The Hall–Kier alpha value is -3.12. The molecule has 7 heteroatoms. The van der Waals surface area contributed by atoms with E-state index in [1.165, 1.54) is 0 Å². The summed E-state index contributed by atoms with van der Waals surface area (Å²) in [6.45, 7) is 0.372. The summed E-state index contributed by atoms with van der Waals surface area (Å²) in [4.78, 5) is 37.5. The van der Waals surface area contributed by atoms with Gasteiger partial charge >= 0.3 is 5.97 Å². The molecule has 3 rings (SSSR count). The van der Waals surface area contributed by atoms with Crippen LogP contribution in [-0.4, -0.2) is 24.4 Å². The topological polar surface area (TPSA) is 84.5 Å². The monoisotopic (exact) mass is 454 g/mol. The summed E-state index contributed by atoms with van der Waals surface area (Å²) in [6, 6.07) is 16.2. The molecule has 2 aromatic carbocycles. The smallest absolute Gasteiger partial charge is 0.309 e. The lowest BCUT2D eigenvalue weighted by Gasteiger charge is -2.22. The second-order valence-electron chi connectivity index (χ2n) is 7.71. The molecule has 2 amide bonds. The Morgan fingerprint density at radius 3 is 2.56 bits per heavy atom. The number of benzene rings is 2. The van der Waals surface area contributed by atoms with Crippen LogP contribution in [0.3, 0.4) is 0 Å². The molecule has 0 aromatic heterocycles. The highest BCUT2D eigenvalue weighted by atomic mass is 35.5. The third-order valence-electron chi connectivity index (χ3n) is 5.22. The summed E-state index contributed by atoms with van der Waals surface area (Å²) in [7, 11) is 0. The molecule has 0 bridgehead atoms. The second-order valence-corrected chi connectivity index (χ2v) is 8.15. The standard InChI is InChI=1S/C25H27ClN2O4/c26-21-13-11-18(12-14-21)16-27-24(30)15-20-9-5-2-6-10-23(29)28-22(17-32-25(20)31)19-7-3-1-4-8-19/h1-5,7-8,11-14,20,22H,6,9-10,15-17H2,(H,27,30)(H,28,29)/b5-2+. The molecule has 0 saturated heterocycles. The van der Waals surface area contributed by atoms with Gasteiger partial charge in [0.25, 0.3) is 0 Å². The summed E-state index contributed by atoms with van der Waals surface area (Å²) in [5.74, 6) is -1.37. The van der Waals surface area contributed by atoms with Gasteiger partial charge in [0.2, 0.25) is 11.8 Å². The Labute approximate surface area is 193 Å². The van der Waals surface area contributed by atoms with Crippen molar-refractivity contribution >= 4 is 29.4 Å². The molecule has 0 radical (unpaired) electrons. The van der Waals surface area contributed by atoms with E-state index in [1.807, 2.05) is 54.6 Å². The predicted molar refractivity (Wildman–Crippen MR) is 123 cm³/mol. The maximum absolute atomic E-state index is 12.8. The summed E-state index contributed by atoms with van der Waals surface area (Å²) in [6.07, 6.45) is 5.02. The van der Waals surface area contributed by atoms with Crippen LogP contribution in [0.1, 0.15) is 42.9 Å². The molecule has 0 aliphatic carbocycles. The normalized spacial score (nSPS) is 20.8. The number of ether oxygens (including phenoxy) is 1. The predicted octanol–water partition coefficient (Wildman–Crippen LogP) is 4.10. The molecule has 168 valence electrons. The number of nitrogens with one attached hydrogen (secondary N) is 2. The van der Waals surface area contributed by atoms with Crippen LogP contribution >= 0.6 is 11.6 Å². The molecule has 0 spiro atoms. The van der Waals surface area contributed by atoms with Crippen molar-refractivity contribution < 1.29 is 19.1 Å². The minimum absolute atomic E-state index is 0.0151. The van der Waals surface area contributed by atoms with E-state index in [1.54, 1.807) is 12.1 Å². The van der Waals surface area contributed by atoms with Crippen molar-refractivity contribution in [1.29, 1.82) is 0 Å². The number of esters is 1. The van der Waals surface area contributed by atoms with Crippen molar-refractivity contribution in [3.8, 4) is 0 Å². The van der Waals surface area contributed by atoms with Crippen molar-refractivity contribution in [3.05, 3.63) is 82.9 Å². The number of allylic oxidation sites excluding steroid dienone is 2. The van der Waals surface area contributed by atoms with Gasteiger partial charge in [0, 0.05) is 24.4 Å². The quantitative estimate of drug-likeness (QED) is 0.526. The Morgan fingerprint density at radius 2 is 1.81 bits per heavy atom. The lowest BCUT2D eigenvalue weighted by atomic mass is 9.99. The van der Waals surface area contributed by atoms with E-state index >= 15 is 0 Å². The van der Waals surface area contributed by atoms with Gasteiger partial charge < -0.3 is 15.4 Å². The molecule has 32 heavy (non-hydrogen) atoms. The van der Waals surface area contributed by atoms with Gasteiger partial charge in [-0.05, 0) is 36.1 Å². The number of rotatable bonds is 5. The summed E-state index contributed by atoms with van der Waals surface area (Å²) >= 11 is 5.88. The van der Waals surface area contributed by atoms with E-state index in [0.29, 0.717) is 30.8 Å². The molecule has 2 atom stereocenters. The first-order valence-electron chi connectivity index (χ1n) is 10.7. The maximum Gasteiger partial charge on any atom is 0.309 e. The SMILES string of the molecule is O=C(CC1C/C=C/CCC(=O)NC(c2ccccc2)COC1=O)NCc1ccc(Cl)cc1. The van der Waals surface area contributed by atoms with Crippen molar-refractivity contribution in [2.45, 2.75) is 38.3 Å². The van der Waals surface area contributed by atoms with Crippen LogP contribution in [0, 0.1) is 5.92 Å². The first kappa shape index (κ1) is 23.5. The highest BCUT2D eigenvalue weighted by Gasteiger charge is 2.25. The molecule has 0 fully saturated rings. The van der Waals surface area contributed by atoms with E-state index in [-0.39, 0.29) is 24.8 Å². The van der Waals surface area contributed by atoms with Gasteiger partial charge in [-0.2, -0.15) is 0 Å². The molecule has 1 aliphatic rings. The number of carbonyl (C=O) groups excluding carboxylic acids is 3. The second kappa shape index (κ2) is 12.1. The Bertz CT molecular complexity index is 944. The Kier molecular flexibility index (Phi) is 8.87. The molecule has 2 N–H and O–H groups in total. The third kappa shape index (κ3) is 7.54. The van der Waals surface area contributed by atoms with Gasteiger partial charge in [-0.3, -0.25) is 14.4 Å². The minimum atomic E-state index is -0.594. The Morgan fingerprint density at radius 1 is 1.06 bits per heavy atom. The minimum Gasteiger partial charge on any atom is -0.463 e. The summed E-state index contributed by atoms with van der Waals surface area (Å²) in [5.41, 5.74) is 1.78. The maximum atomic E-state index is 12.8. The highest BCUT2D eigenvalue weighted by Crippen LogP contribution is 2.18. The highest BCUT2D eigenvalue weighted by molar-refractivity contribution is 6.30. The number of cyclic esters (lactones) is 1. The van der Waals surface area contributed by atoms with E-state index in [4.69, 9.17) is 16.3 Å². The average Bonchev–Trinajstić information content (AvgIpc) is 2.80. The zero-order valence-electron chi connectivity index (χ0n) is 17.8. The number of carbonyl (C=O) groups is 3. The fourth-order valence-corrected chi connectivity index (χ4v) is 3.54. The van der Waals surface area contributed by atoms with Gasteiger partial charge in [0.1, 0.15) is 6.61 Å². The van der Waals surface area contributed by atoms with Crippen LogP contribution in [0.4, 0.5) is 0 Å². The largest absolute Gasteiger partial charge is 0.463 e. The zero-order valence-corrected chi connectivity index (χ0v) is 18.5. The molecule has 0 saturated carbocycles. The molecular weight excluding hydrogens is 428 g/mol. The van der Waals surface area contributed by atoms with Gasteiger partial charge in [-0.1, -0.05) is 66.2 Å². The van der Waals surface area contributed by atoms with Crippen molar-refractivity contribution in [3.63, 3.8) is 0 Å². The van der Waals surface area contributed by atoms with Crippen LogP contribution in [0.25, 0.3) is 0 Å². The Balaban J connectivity index is 1.62. The van der Waals surface area contributed by atoms with Gasteiger partial charge in [-0.15, -0.1) is 0 Å². The van der Waals surface area contributed by atoms with E-state index in [2.05, 4.69) is 10.6 Å². The summed E-state index contributed by atoms with van der Waals surface area (Å²) in [5, 5.41) is 6.41. The third-order valence-corrected chi connectivity index (χ3v) is 5.47. The van der Waals surface area contributed by atoms with Crippen LogP contribution in [0.2, 0.25) is 5.02 Å². The molecule has 2 aromatic rings. The number of amides is 2. The molecule has 6 nitrogen and oxygen atoms in total. The molecule has 1 aliphatic heterocycles. The lowest BCUT2D eigenvalue weighted by Crippen LogP contribution is -2.34. The van der Waals surface area contributed by atoms with Crippen LogP contribution in [0.15, 0.2) is 66.7 Å². The molecule has 2 unspecified atom stereocenters. The number of halogens is 1. The molecule has 1 heterocycles. The van der Waals surface area contributed by atoms with Crippen LogP contribution in [-0.2, 0) is 25.7 Å². The average molecular weight is 455 g/mol. The van der Waals surface area contributed by atoms with Gasteiger partial charge in [-0.25, -0.2) is 0 Å². The lowest BCUT2D eigenvalue weighted by molar-refractivity contribution is -0.151. The molecular formula is C25H27ClN2O4. The zero-order chi connectivity index (χ0) is 22.8. The fourth-order valence-electron chi connectivity index (χ4n) is 3.41. The van der Waals surface area contributed by atoms with E-state index in [0.717, 1.165) is 11.1 Å². The van der Waals surface area contributed by atoms with Crippen molar-refractivity contribution in [1.82, 2.24) is 10.6 Å². The summed E-state index contributed by atoms with van der Waals surface area (Å²) < 4.78 is 5.54. The van der Waals surface area contributed by atoms with Crippen LogP contribution < -0.4 is 10.6 Å². The van der Waals surface area contributed by atoms with Crippen LogP contribution in [0.5, 0.6) is 0 Å². The first-order chi connectivity index (χ1) is 15.5. The fraction of sp³-hybridized carbons (Fsp3) is 0.320. The van der Waals surface area contributed by atoms with E-state index < -0.39 is 17.9 Å². The van der Waals surface area contributed by atoms with Gasteiger partial charge in [0.05, 0.1) is 12.0 Å². The van der Waals surface area contributed by atoms with E-state index in [9.17, 15) is 14.4 Å². The first-order valence-corrected chi connectivity index (χ1v) is 11.1. The van der Waals surface area contributed by atoms with Gasteiger partial charge in [0.15, 0.2) is 0 Å². The number of hydrogen-bond acceptors (Lipinski definition) is 4. The number of hydrogen-bond donors (Lipinski definition) is 2. The van der Waals surface area contributed by atoms with Crippen molar-refractivity contribution in [2.24, 2.45) is 5.92 Å². The van der Waals surface area contributed by atoms with Crippen molar-refractivity contribution in [2.75, 3.05) is 6.61 Å².